The third-order valence-electron chi connectivity index (χ3n) is 0.938. The molecule has 0 aliphatic rings. The number of hydrogen-bond donors (Lipinski definition) is 2. The monoisotopic (exact) mass is 125 g/mol. The number of aromatic nitrogens is 2. The molecular formula is C5H7N3O. The lowest BCUT2D eigenvalue weighted by molar-refractivity contribution is 0.950. The van der Waals surface area contributed by atoms with Crippen molar-refractivity contribution in [2.75, 3.05) is 0 Å². The minimum Gasteiger partial charge on any atom is -0.326 e. The first kappa shape index (κ1) is 5.97. The molecule has 0 radical (unpaired) electrons. The quantitative estimate of drug-likeness (QED) is 0.517. The normalized spacial score (nSPS) is 9.44. The van der Waals surface area contributed by atoms with Crippen LogP contribution in [0.2, 0.25) is 0 Å². The van der Waals surface area contributed by atoms with Gasteiger partial charge in [0.05, 0.1) is 11.9 Å². The number of hydrogen-bond acceptors (Lipinski definition) is 3. The standard InChI is InChI=1S/C5H7N3O/c6-1-4-2-8-5(9)3-7-4/h2-3H,1,6H2,(H,8,9). The molecule has 1 rings (SSSR count). The van der Waals surface area contributed by atoms with Crippen molar-refractivity contribution >= 4 is 0 Å². The SMILES string of the molecule is NCc1c[nH]c(=O)cn1. The van der Waals surface area contributed by atoms with E-state index >= 15 is 0 Å². The van der Waals surface area contributed by atoms with Gasteiger partial charge >= 0.3 is 0 Å². The molecule has 1 aromatic heterocycles. The summed E-state index contributed by atoms with van der Waals surface area (Å²) in [6.07, 6.45) is 2.71. The molecule has 3 N–H and O–H groups in total. The van der Waals surface area contributed by atoms with Crippen LogP contribution in [0.4, 0.5) is 0 Å². The number of H-pyrrole nitrogens is 1. The first-order valence-electron chi connectivity index (χ1n) is 2.56. The molecule has 0 spiro atoms. The van der Waals surface area contributed by atoms with Gasteiger partial charge in [0.15, 0.2) is 0 Å². The first-order valence-corrected chi connectivity index (χ1v) is 2.56. The fraction of sp³-hybridized carbons (Fsp3) is 0.200. The van der Waals surface area contributed by atoms with Crippen LogP contribution in [-0.4, -0.2) is 9.97 Å². The van der Waals surface area contributed by atoms with Crippen LogP contribution in [0.1, 0.15) is 5.69 Å². The molecule has 4 nitrogen and oxygen atoms in total. The molecule has 1 aromatic rings. The van der Waals surface area contributed by atoms with Gasteiger partial charge in [-0.25, -0.2) is 0 Å². The lowest BCUT2D eigenvalue weighted by Crippen LogP contribution is -2.08. The summed E-state index contributed by atoms with van der Waals surface area (Å²) in [5.74, 6) is 0. The van der Waals surface area contributed by atoms with Crippen LogP contribution < -0.4 is 11.3 Å². The predicted octanol–water partition coefficient (Wildman–Crippen LogP) is -0.771. The molecular weight excluding hydrogens is 118 g/mol. The van der Waals surface area contributed by atoms with Crippen LogP contribution in [0.15, 0.2) is 17.2 Å². The summed E-state index contributed by atoms with van der Waals surface area (Å²) in [6, 6.07) is 0. The number of rotatable bonds is 1. The van der Waals surface area contributed by atoms with E-state index in [1.54, 1.807) is 0 Å². The van der Waals surface area contributed by atoms with Gasteiger partial charge in [0.2, 0.25) is 0 Å². The van der Waals surface area contributed by atoms with E-state index in [1.807, 2.05) is 0 Å². The first-order chi connectivity index (χ1) is 4.33. The summed E-state index contributed by atoms with van der Waals surface area (Å²) in [4.78, 5) is 16.6. The molecule has 0 unspecified atom stereocenters. The Balaban J connectivity index is 3.02. The Labute approximate surface area is 51.7 Å². The van der Waals surface area contributed by atoms with E-state index in [4.69, 9.17) is 5.73 Å². The molecule has 0 atom stereocenters. The van der Waals surface area contributed by atoms with Crippen molar-refractivity contribution in [3.8, 4) is 0 Å². The van der Waals surface area contributed by atoms with Crippen molar-refractivity contribution in [3.05, 3.63) is 28.4 Å². The Kier molecular flexibility index (Phi) is 1.60. The Morgan fingerprint density at radius 2 is 2.56 bits per heavy atom. The van der Waals surface area contributed by atoms with E-state index in [0.29, 0.717) is 12.2 Å². The number of aromatic amines is 1. The van der Waals surface area contributed by atoms with Crippen molar-refractivity contribution in [2.45, 2.75) is 6.54 Å². The summed E-state index contributed by atoms with van der Waals surface area (Å²) in [6.45, 7) is 0.358. The summed E-state index contributed by atoms with van der Waals surface area (Å²) in [5.41, 5.74) is 5.70. The maximum Gasteiger partial charge on any atom is 0.266 e. The fourth-order valence-electron chi connectivity index (χ4n) is 0.482. The summed E-state index contributed by atoms with van der Waals surface area (Å²) >= 11 is 0. The number of nitrogens with one attached hydrogen (secondary N) is 1. The van der Waals surface area contributed by atoms with Crippen LogP contribution in [0, 0.1) is 0 Å². The van der Waals surface area contributed by atoms with Crippen molar-refractivity contribution < 1.29 is 0 Å². The van der Waals surface area contributed by atoms with Crippen LogP contribution in [0.25, 0.3) is 0 Å². The molecule has 0 aliphatic carbocycles. The maximum atomic E-state index is 10.4. The molecule has 0 aromatic carbocycles. The van der Waals surface area contributed by atoms with Crippen molar-refractivity contribution in [1.29, 1.82) is 0 Å². The molecule has 48 valence electrons. The Morgan fingerprint density at radius 1 is 1.78 bits per heavy atom. The third-order valence-corrected chi connectivity index (χ3v) is 0.938. The minimum atomic E-state index is -0.202. The molecule has 0 fully saturated rings. The maximum absolute atomic E-state index is 10.4. The molecule has 0 amide bonds. The van der Waals surface area contributed by atoms with Crippen molar-refractivity contribution in [1.82, 2.24) is 9.97 Å². The number of nitrogens with two attached hydrogens (primary N) is 1. The zero-order chi connectivity index (χ0) is 6.69. The van der Waals surface area contributed by atoms with Gasteiger partial charge in [-0.05, 0) is 0 Å². The predicted molar refractivity (Wildman–Crippen MR) is 32.7 cm³/mol. The van der Waals surface area contributed by atoms with Crippen molar-refractivity contribution in [3.63, 3.8) is 0 Å². The van der Waals surface area contributed by atoms with Gasteiger partial charge in [0.25, 0.3) is 5.56 Å². The number of nitrogens with zero attached hydrogens (tertiary/aromatic N) is 1. The molecule has 4 heteroatoms. The highest BCUT2D eigenvalue weighted by molar-refractivity contribution is 4.92. The third kappa shape index (κ3) is 1.36. The van der Waals surface area contributed by atoms with E-state index in [1.165, 1.54) is 12.4 Å². The lowest BCUT2D eigenvalue weighted by Gasteiger charge is -1.89. The molecule has 9 heavy (non-hydrogen) atoms. The van der Waals surface area contributed by atoms with Crippen LogP contribution in [-0.2, 0) is 6.54 Å². The van der Waals surface area contributed by atoms with Gasteiger partial charge in [-0.2, -0.15) is 0 Å². The second-order valence-electron chi connectivity index (χ2n) is 1.61. The Hall–Kier alpha value is -1.16. The minimum absolute atomic E-state index is 0.202. The van der Waals surface area contributed by atoms with Gasteiger partial charge < -0.3 is 10.7 Å². The molecule has 0 aliphatic heterocycles. The van der Waals surface area contributed by atoms with E-state index < -0.39 is 0 Å². The highest BCUT2D eigenvalue weighted by Gasteiger charge is 1.86. The van der Waals surface area contributed by atoms with Gasteiger partial charge in [-0.3, -0.25) is 9.78 Å². The van der Waals surface area contributed by atoms with Gasteiger partial charge in [-0.15, -0.1) is 0 Å². The van der Waals surface area contributed by atoms with Crippen LogP contribution in [0.3, 0.4) is 0 Å². The van der Waals surface area contributed by atoms with E-state index in [9.17, 15) is 4.79 Å². The highest BCUT2D eigenvalue weighted by atomic mass is 16.1. The van der Waals surface area contributed by atoms with E-state index in [-0.39, 0.29) is 5.56 Å². The highest BCUT2D eigenvalue weighted by Crippen LogP contribution is 1.80. The van der Waals surface area contributed by atoms with Crippen LogP contribution in [0.5, 0.6) is 0 Å². The van der Waals surface area contributed by atoms with Gasteiger partial charge in [0.1, 0.15) is 0 Å². The summed E-state index contributed by atoms with van der Waals surface area (Å²) in [5, 5.41) is 0. The Bertz CT molecular complexity index is 222. The zero-order valence-corrected chi connectivity index (χ0v) is 4.79. The summed E-state index contributed by atoms with van der Waals surface area (Å²) < 4.78 is 0. The molecule has 0 bridgehead atoms. The van der Waals surface area contributed by atoms with Crippen LogP contribution >= 0.6 is 0 Å². The van der Waals surface area contributed by atoms with Gasteiger partial charge in [0, 0.05) is 12.7 Å². The lowest BCUT2D eigenvalue weighted by atomic mass is 10.5. The van der Waals surface area contributed by atoms with E-state index in [2.05, 4.69) is 9.97 Å². The fourth-order valence-corrected chi connectivity index (χ4v) is 0.482. The molecule has 0 saturated carbocycles. The average Bonchev–Trinajstić information content (AvgIpc) is 1.90. The largest absolute Gasteiger partial charge is 0.326 e. The van der Waals surface area contributed by atoms with Crippen molar-refractivity contribution in [2.24, 2.45) is 5.73 Å². The zero-order valence-electron chi connectivity index (χ0n) is 4.79. The Morgan fingerprint density at radius 3 is 3.00 bits per heavy atom. The van der Waals surface area contributed by atoms with Gasteiger partial charge in [-0.1, -0.05) is 0 Å². The second-order valence-corrected chi connectivity index (χ2v) is 1.61. The molecule has 1 heterocycles. The smallest absolute Gasteiger partial charge is 0.266 e. The topological polar surface area (TPSA) is 71.8 Å². The average molecular weight is 125 g/mol. The van der Waals surface area contributed by atoms with E-state index in [0.717, 1.165) is 0 Å². The molecule has 0 saturated heterocycles. The summed E-state index contributed by atoms with van der Waals surface area (Å²) in [7, 11) is 0. The second kappa shape index (κ2) is 2.41.